The van der Waals surface area contributed by atoms with Gasteiger partial charge in [0.05, 0.1) is 6.07 Å². The minimum absolute atomic E-state index is 0.836. The van der Waals surface area contributed by atoms with Gasteiger partial charge in [0.2, 0.25) is 0 Å². The van der Waals surface area contributed by atoms with Crippen LogP contribution in [0, 0.1) is 11.3 Å². The molecule has 1 heteroatoms. The molecule has 0 atom stereocenters. The smallest absolute Gasteiger partial charge is 0.0988 e. The molecule has 0 aromatic heterocycles. The van der Waals surface area contributed by atoms with Crippen LogP contribution in [0.5, 0.6) is 0 Å². The molecule has 1 rings (SSSR count). The van der Waals surface area contributed by atoms with E-state index in [9.17, 15) is 0 Å². The Labute approximate surface area is 75.4 Å². The van der Waals surface area contributed by atoms with Crippen molar-refractivity contribution in [1.82, 2.24) is 0 Å². The van der Waals surface area contributed by atoms with Gasteiger partial charge in [-0.15, -0.1) is 0 Å². The van der Waals surface area contributed by atoms with Crippen LogP contribution in [0.15, 0.2) is 23.3 Å². The van der Waals surface area contributed by atoms with E-state index in [0.717, 1.165) is 24.8 Å². The standard InChI is InChI=1S/C9H11N.C2H6/c1-2-8-4-3-5-9(6-8)7-10;1-2/h5-6H,2-4H2,1H3;1-2H3. The van der Waals surface area contributed by atoms with E-state index in [1.54, 1.807) is 0 Å². The van der Waals surface area contributed by atoms with Crippen molar-refractivity contribution in [2.75, 3.05) is 0 Å². The monoisotopic (exact) mass is 163 g/mol. The Hall–Kier alpha value is -1.03. The van der Waals surface area contributed by atoms with Gasteiger partial charge >= 0.3 is 0 Å². The summed E-state index contributed by atoms with van der Waals surface area (Å²) in [6.45, 7) is 6.13. The van der Waals surface area contributed by atoms with Crippen molar-refractivity contribution in [3.8, 4) is 6.07 Å². The molecule has 0 fully saturated rings. The third-order valence-corrected chi connectivity index (χ3v) is 1.77. The van der Waals surface area contributed by atoms with Gasteiger partial charge < -0.3 is 0 Å². The summed E-state index contributed by atoms with van der Waals surface area (Å²) in [6.07, 6.45) is 7.27. The third-order valence-electron chi connectivity index (χ3n) is 1.77. The minimum atomic E-state index is 0.836. The lowest BCUT2D eigenvalue weighted by Gasteiger charge is -2.06. The molecular weight excluding hydrogens is 146 g/mol. The molecule has 0 saturated heterocycles. The third kappa shape index (κ3) is 3.39. The number of hydrogen-bond donors (Lipinski definition) is 0. The number of allylic oxidation sites excluding steroid dienone is 4. The van der Waals surface area contributed by atoms with Crippen LogP contribution in [-0.2, 0) is 0 Å². The number of rotatable bonds is 1. The van der Waals surface area contributed by atoms with E-state index in [1.165, 1.54) is 5.57 Å². The Balaban J connectivity index is 0.000000561. The largest absolute Gasteiger partial charge is 0.192 e. The molecule has 1 nitrogen and oxygen atoms in total. The van der Waals surface area contributed by atoms with Crippen LogP contribution in [-0.4, -0.2) is 0 Å². The first-order chi connectivity index (χ1) is 5.86. The molecule has 0 amide bonds. The summed E-state index contributed by atoms with van der Waals surface area (Å²) in [6, 6.07) is 2.15. The molecule has 0 aliphatic heterocycles. The average Bonchev–Trinajstić information content (AvgIpc) is 2.21. The molecular formula is C11H17N. The Morgan fingerprint density at radius 1 is 1.50 bits per heavy atom. The molecule has 0 spiro atoms. The fourth-order valence-corrected chi connectivity index (χ4v) is 1.12. The Morgan fingerprint density at radius 3 is 2.67 bits per heavy atom. The highest BCUT2D eigenvalue weighted by Crippen LogP contribution is 2.18. The van der Waals surface area contributed by atoms with E-state index in [2.05, 4.69) is 13.0 Å². The van der Waals surface area contributed by atoms with Crippen LogP contribution >= 0.6 is 0 Å². The molecule has 1 aliphatic rings. The second-order valence-electron chi connectivity index (χ2n) is 2.47. The second-order valence-corrected chi connectivity index (χ2v) is 2.47. The Bertz CT molecular complexity index is 216. The maximum Gasteiger partial charge on any atom is 0.0988 e. The fraction of sp³-hybridized carbons (Fsp3) is 0.545. The summed E-state index contributed by atoms with van der Waals surface area (Å²) in [4.78, 5) is 0. The van der Waals surface area contributed by atoms with Crippen molar-refractivity contribution < 1.29 is 0 Å². The fourth-order valence-electron chi connectivity index (χ4n) is 1.12. The van der Waals surface area contributed by atoms with Crippen LogP contribution in [0.4, 0.5) is 0 Å². The lowest BCUT2D eigenvalue weighted by molar-refractivity contribution is 0.889. The molecule has 0 aromatic rings. The SMILES string of the molecule is CC.CCC1=CC(C#N)=CCC1. The van der Waals surface area contributed by atoms with Crippen LogP contribution in [0.2, 0.25) is 0 Å². The summed E-state index contributed by atoms with van der Waals surface area (Å²) in [5.74, 6) is 0. The quantitative estimate of drug-likeness (QED) is 0.579. The molecule has 66 valence electrons. The topological polar surface area (TPSA) is 23.8 Å². The first-order valence-corrected chi connectivity index (χ1v) is 4.66. The first-order valence-electron chi connectivity index (χ1n) is 4.66. The van der Waals surface area contributed by atoms with Gasteiger partial charge in [0, 0.05) is 5.57 Å². The highest BCUT2D eigenvalue weighted by atomic mass is 14.2. The Morgan fingerprint density at radius 2 is 2.17 bits per heavy atom. The second kappa shape index (κ2) is 6.67. The molecule has 0 unspecified atom stereocenters. The highest BCUT2D eigenvalue weighted by molar-refractivity contribution is 5.37. The van der Waals surface area contributed by atoms with Crippen molar-refractivity contribution in [2.24, 2.45) is 0 Å². The molecule has 0 N–H and O–H groups in total. The van der Waals surface area contributed by atoms with Gasteiger partial charge in [-0.05, 0) is 25.3 Å². The number of nitriles is 1. The normalized spacial score (nSPS) is 14.8. The average molecular weight is 163 g/mol. The summed E-state index contributed by atoms with van der Waals surface area (Å²) < 4.78 is 0. The molecule has 0 bridgehead atoms. The van der Waals surface area contributed by atoms with Crippen LogP contribution in [0.1, 0.15) is 40.0 Å². The Kier molecular flexibility index (Phi) is 6.09. The lowest BCUT2D eigenvalue weighted by Crippen LogP contribution is -1.89. The molecule has 0 radical (unpaired) electrons. The zero-order valence-corrected chi connectivity index (χ0v) is 8.22. The van der Waals surface area contributed by atoms with Gasteiger partial charge in [0.1, 0.15) is 0 Å². The van der Waals surface area contributed by atoms with E-state index in [0.29, 0.717) is 0 Å². The summed E-state index contributed by atoms with van der Waals surface area (Å²) in [7, 11) is 0. The van der Waals surface area contributed by atoms with Crippen LogP contribution < -0.4 is 0 Å². The van der Waals surface area contributed by atoms with E-state index >= 15 is 0 Å². The van der Waals surface area contributed by atoms with E-state index in [1.807, 2.05) is 26.0 Å². The van der Waals surface area contributed by atoms with Crippen molar-refractivity contribution in [3.63, 3.8) is 0 Å². The molecule has 0 saturated carbocycles. The van der Waals surface area contributed by atoms with Crippen molar-refractivity contribution in [2.45, 2.75) is 40.0 Å². The van der Waals surface area contributed by atoms with E-state index < -0.39 is 0 Å². The highest BCUT2D eigenvalue weighted by Gasteiger charge is 2.01. The predicted octanol–water partition coefficient (Wildman–Crippen LogP) is 3.59. The van der Waals surface area contributed by atoms with E-state index in [-0.39, 0.29) is 0 Å². The van der Waals surface area contributed by atoms with Gasteiger partial charge in [-0.2, -0.15) is 5.26 Å². The maximum atomic E-state index is 8.54. The number of nitrogens with zero attached hydrogens (tertiary/aromatic N) is 1. The lowest BCUT2D eigenvalue weighted by atomic mass is 9.98. The molecule has 1 aliphatic carbocycles. The van der Waals surface area contributed by atoms with Crippen LogP contribution in [0.3, 0.4) is 0 Å². The maximum absolute atomic E-state index is 8.54. The van der Waals surface area contributed by atoms with Crippen LogP contribution in [0.25, 0.3) is 0 Å². The van der Waals surface area contributed by atoms with Gasteiger partial charge in [-0.3, -0.25) is 0 Å². The van der Waals surface area contributed by atoms with Crippen molar-refractivity contribution in [3.05, 3.63) is 23.3 Å². The number of hydrogen-bond acceptors (Lipinski definition) is 1. The van der Waals surface area contributed by atoms with Gasteiger partial charge in [0.15, 0.2) is 0 Å². The molecule has 0 aromatic carbocycles. The zero-order chi connectivity index (χ0) is 9.40. The van der Waals surface area contributed by atoms with Crippen molar-refractivity contribution in [1.29, 1.82) is 5.26 Å². The van der Waals surface area contributed by atoms with Gasteiger partial charge in [-0.25, -0.2) is 0 Å². The molecule has 0 heterocycles. The van der Waals surface area contributed by atoms with Gasteiger partial charge in [0.25, 0.3) is 0 Å². The zero-order valence-electron chi connectivity index (χ0n) is 8.22. The first kappa shape index (κ1) is 11.0. The summed E-state index contributed by atoms with van der Waals surface area (Å²) in [5.41, 5.74) is 2.24. The van der Waals surface area contributed by atoms with Crippen molar-refractivity contribution >= 4 is 0 Å². The van der Waals surface area contributed by atoms with Gasteiger partial charge in [-0.1, -0.05) is 32.4 Å². The van der Waals surface area contributed by atoms with E-state index in [4.69, 9.17) is 5.26 Å². The summed E-state index contributed by atoms with van der Waals surface area (Å²) in [5, 5.41) is 8.54. The minimum Gasteiger partial charge on any atom is -0.192 e. The molecule has 12 heavy (non-hydrogen) atoms. The summed E-state index contributed by atoms with van der Waals surface area (Å²) >= 11 is 0. The predicted molar refractivity (Wildman–Crippen MR) is 52.7 cm³/mol.